The number of hydrogen-bond acceptors (Lipinski definition) is 4. The first kappa shape index (κ1) is 7.88. The molecule has 0 spiro atoms. The molecule has 0 saturated carbocycles. The van der Waals surface area contributed by atoms with E-state index >= 15 is 0 Å². The van der Waals surface area contributed by atoms with Gasteiger partial charge in [-0.1, -0.05) is 18.2 Å². The van der Waals surface area contributed by atoms with Crippen LogP contribution in [0.4, 0.5) is 0 Å². The van der Waals surface area contributed by atoms with E-state index < -0.39 is 0 Å². The van der Waals surface area contributed by atoms with Crippen LogP contribution >= 0.6 is 0 Å². The summed E-state index contributed by atoms with van der Waals surface area (Å²) in [4.78, 5) is 1.46. The first-order chi connectivity index (χ1) is 6.40. The van der Waals surface area contributed by atoms with Crippen LogP contribution in [0.2, 0.25) is 0 Å². The SMILES string of the molecule is NCc1nnn(-c2ccccc2)n1. The number of para-hydroxylation sites is 1. The van der Waals surface area contributed by atoms with Gasteiger partial charge in [0.25, 0.3) is 0 Å². The monoisotopic (exact) mass is 175 g/mol. The molecular weight excluding hydrogens is 166 g/mol. The van der Waals surface area contributed by atoms with Gasteiger partial charge < -0.3 is 5.73 Å². The molecule has 1 heterocycles. The number of nitrogens with two attached hydrogens (primary N) is 1. The minimum atomic E-state index is 0.312. The average molecular weight is 175 g/mol. The second-order valence-electron chi connectivity index (χ2n) is 2.53. The van der Waals surface area contributed by atoms with Gasteiger partial charge in [-0.25, -0.2) is 0 Å². The molecule has 0 aliphatic heterocycles. The molecule has 0 amide bonds. The van der Waals surface area contributed by atoms with Crippen molar-refractivity contribution in [3.8, 4) is 5.69 Å². The lowest BCUT2D eigenvalue weighted by atomic mass is 10.3. The number of nitrogens with zero attached hydrogens (tertiary/aromatic N) is 4. The largest absolute Gasteiger partial charge is 0.324 e. The number of hydrogen-bond donors (Lipinski definition) is 1. The molecule has 66 valence electrons. The number of aromatic nitrogens is 4. The molecular formula is C8H9N5. The molecule has 1 aromatic carbocycles. The first-order valence-electron chi connectivity index (χ1n) is 3.94. The predicted molar refractivity (Wildman–Crippen MR) is 47.0 cm³/mol. The molecule has 0 bridgehead atoms. The topological polar surface area (TPSA) is 69.6 Å². The van der Waals surface area contributed by atoms with Gasteiger partial charge in [-0.15, -0.1) is 15.0 Å². The van der Waals surface area contributed by atoms with E-state index in [0.29, 0.717) is 12.4 Å². The van der Waals surface area contributed by atoms with Crippen molar-refractivity contribution in [1.82, 2.24) is 20.2 Å². The summed E-state index contributed by atoms with van der Waals surface area (Å²) in [7, 11) is 0. The Balaban J connectivity index is 2.36. The summed E-state index contributed by atoms with van der Waals surface area (Å²) >= 11 is 0. The van der Waals surface area contributed by atoms with E-state index in [1.165, 1.54) is 4.80 Å². The molecule has 2 N–H and O–H groups in total. The smallest absolute Gasteiger partial charge is 0.188 e. The van der Waals surface area contributed by atoms with Crippen LogP contribution in [0, 0.1) is 0 Å². The summed E-state index contributed by atoms with van der Waals surface area (Å²) < 4.78 is 0. The van der Waals surface area contributed by atoms with Crippen molar-refractivity contribution in [2.45, 2.75) is 6.54 Å². The minimum Gasteiger partial charge on any atom is -0.324 e. The summed E-state index contributed by atoms with van der Waals surface area (Å²) in [5.41, 5.74) is 6.25. The molecule has 0 saturated heterocycles. The fourth-order valence-corrected chi connectivity index (χ4v) is 0.996. The summed E-state index contributed by atoms with van der Waals surface area (Å²) in [5, 5.41) is 11.7. The van der Waals surface area contributed by atoms with E-state index in [2.05, 4.69) is 15.4 Å². The molecule has 0 fully saturated rings. The van der Waals surface area contributed by atoms with Gasteiger partial charge in [-0.2, -0.15) is 0 Å². The quantitative estimate of drug-likeness (QED) is 0.703. The Labute approximate surface area is 75.2 Å². The average Bonchev–Trinajstić information content (AvgIpc) is 2.67. The third kappa shape index (κ3) is 1.54. The third-order valence-electron chi connectivity index (χ3n) is 1.62. The standard InChI is InChI=1S/C8H9N5/c9-6-8-10-12-13(11-8)7-4-2-1-3-5-7/h1-5H,6,9H2. The van der Waals surface area contributed by atoms with Crippen LogP contribution in [0.15, 0.2) is 30.3 Å². The Bertz CT molecular complexity index is 380. The van der Waals surface area contributed by atoms with Crippen molar-refractivity contribution in [3.05, 3.63) is 36.2 Å². The van der Waals surface area contributed by atoms with E-state index in [4.69, 9.17) is 5.73 Å². The fourth-order valence-electron chi connectivity index (χ4n) is 0.996. The second kappa shape index (κ2) is 3.32. The molecule has 0 radical (unpaired) electrons. The molecule has 0 unspecified atom stereocenters. The van der Waals surface area contributed by atoms with Crippen molar-refractivity contribution in [1.29, 1.82) is 0 Å². The molecule has 2 rings (SSSR count). The molecule has 1 aromatic heterocycles. The van der Waals surface area contributed by atoms with Crippen LogP contribution in [0.3, 0.4) is 0 Å². The van der Waals surface area contributed by atoms with Crippen LogP contribution < -0.4 is 5.73 Å². The van der Waals surface area contributed by atoms with Gasteiger partial charge in [0.2, 0.25) is 0 Å². The van der Waals surface area contributed by atoms with Gasteiger partial charge in [0, 0.05) is 0 Å². The van der Waals surface area contributed by atoms with Gasteiger partial charge in [0.1, 0.15) is 0 Å². The Kier molecular flexibility index (Phi) is 2.01. The molecule has 5 heteroatoms. The third-order valence-corrected chi connectivity index (χ3v) is 1.62. The summed E-state index contributed by atoms with van der Waals surface area (Å²) in [5.74, 6) is 0.545. The van der Waals surface area contributed by atoms with E-state index in [-0.39, 0.29) is 0 Å². The van der Waals surface area contributed by atoms with Gasteiger partial charge in [0.15, 0.2) is 5.82 Å². The van der Waals surface area contributed by atoms with Crippen molar-refractivity contribution < 1.29 is 0 Å². The highest BCUT2D eigenvalue weighted by molar-refractivity contribution is 5.27. The molecule has 2 aromatic rings. The highest BCUT2D eigenvalue weighted by Crippen LogP contribution is 2.01. The zero-order valence-electron chi connectivity index (χ0n) is 6.96. The van der Waals surface area contributed by atoms with Crippen molar-refractivity contribution >= 4 is 0 Å². The van der Waals surface area contributed by atoms with Crippen LogP contribution in [-0.2, 0) is 6.54 Å². The van der Waals surface area contributed by atoms with Crippen molar-refractivity contribution in [2.24, 2.45) is 5.73 Å². The zero-order chi connectivity index (χ0) is 9.10. The lowest BCUT2D eigenvalue weighted by Gasteiger charge is -1.94. The minimum absolute atomic E-state index is 0.312. The molecule has 0 aliphatic rings. The molecule has 0 atom stereocenters. The molecule has 0 aliphatic carbocycles. The number of rotatable bonds is 2. The second-order valence-corrected chi connectivity index (χ2v) is 2.53. The maximum absolute atomic E-state index is 5.36. The van der Waals surface area contributed by atoms with Crippen molar-refractivity contribution in [3.63, 3.8) is 0 Å². The summed E-state index contributed by atoms with van der Waals surface area (Å²) in [6.45, 7) is 0.312. The fraction of sp³-hybridized carbons (Fsp3) is 0.125. The predicted octanol–water partition coefficient (Wildman–Crippen LogP) is 0.121. The van der Waals surface area contributed by atoms with Crippen LogP contribution in [-0.4, -0.2) is 20.2 Å². The zero-order valence-corrected chi connectivity index (χ0v) is 6.96. The lowest BCUT2D eigenvalue weighted by molar-refractivity contribution is 0.717. The maximum atomic E-state index is 5.36. The number of tetrazole rings is 1. The lowest BCUT2D eigenvalue weighted by Crippen LogP contribution is -2.01. The van der Waals surface area contributed by atoms with Crippen LogP contribution in [0.25, 0.3) is 5.69 Å². The van der Waals surface area contributed by atoms with E-state index in [0.717, 1.165) is 5.69 Å². The van der Waals surface area contributed by atoms with Gasteiger partial charge >= 0.3 is 0 Å². The van der Waals surface area contributed by atoms with Crippen LogP contribution in [0.1, 0.15) is 5.82 Å². The highest BCUT2D eigenvalue weighted by atomic mass is 15.6. The Morgan fingerprint density at radius 2 is 2.00 bits per heavy atom. The molecule has 13 heavy (non-hydrogen) atoms. The van der Waals surface area contributed by atoms with E-state index in [9.17, 15) is 0 Å². The van der Waals surface area contributed by atoms with Gasteiger partial charge in [-0.05, 0) is 17.3 Å². The normalized spacial score (nSPS) is 10.2. The Morgan fingerprint density at radius 1 is 1.23 bits per heavy atom. The summed E-state index contributed by atoms with van der Waals surface area (Å²) in [6.07, 6.45) is 0. The molecule has 5 nitrogen and oxygen atoms in total. The number of benzene rings is 1. The van der Waals surface area contributed by atoms with Crippen LogP contribution in [0.5, 0.6) is 0 Å². The Hall–Kier alpha value is -1.75. The van der Waals surface area contributed by atoms with E-state index in [1.54, 1.807) is 0 Å². The first-order valence-corrected chi connectivity index (χ1v) is 3.94. The van der Waals surface area contributed by atoms with Gasteiger partial charge in [0.05, 0.1) is 12.2 Å². The van der Waals surface area contributed by atoms with Crippen molar-refractivity contribution in [2.75, 3.05) is 0 Å². The Morgan fingerprint density at radius 3 is 2.62 bits per heavy atom. The highest BCUT2D eigenvalue weighted by Gasteiger charge is 2.00. The van der Waals surface area contributed by atoms with E-state index in [1.807, 2.05) is 30.3 Å². The summed E-state index contributed by atoms with van der Waals surface area (Å²) in [6, 6.07) is 9.58. The maximum Gasteiger partial charge on any atom is 0.188 e. The van der Waals surface area contributed by atoms with Gasteiger partial charge in [-0.3, -0.25) is 0 Å².